The highest BCUT2D eigenvalue weighted by molar-refractivity contribution is 8.00. The molecule has 0 bridgehead atoms. The number of hydrogen-bond donors (Lipinski definition) is 1. The SMILES string of the molecule is [CH2]c1ccc(C(C=C(C)C)(SC)C(=O)O)cc1. The first kappa shape index (κ1) is 13.8. The smallest absolute Gasteiger partial charge is 0.328 e. The Morgan fingerprint density at radius 1 is 1.35 bits per heavy atom. The van der Waals surface area contributed by atoms with E-state index in [9.17, 15) is 9.90 Å². The van der Waals surface area contributed by atoms with Gasteiger partial charge in [-0.15, -0.1) is 11.8 Å². The summed E-state index contributed by atoms with van der Waals surface area (Å²) < 4.78 is -1.01. The van der Waals surface area contributed by atoms with Gasteiger partial charge in [-0.1, -0.05) is 35.9 Å². The van der Waals surface area contributed by atoms with Crippen molar-refractivity contribution in [2.75, 3.05) is 6.26 Å². The number of benzene rings is 1. The van der Waals surface area contributed by atoms with Gasteiger partial charge >= 0.3 is 5.97 Å². The molecule has 1 aromatic carbocycles. The fraction of sp³-hybridized carbons (Fsp3) is 0.286. The minimum absolute atomic E-state index is 0.770. The molecule has 0 aromatic heterocycles. The maximum absolute atomic E-state index is 11.6. The van der Waals surface area contributed by atoms with Crippen LogP contribution in [-0.2, 0) is 9.54 Å². The van der Waals surface area contributed by atoms with Gasteiger partial charge in [0.1, 0.15) is 0 Å². The Bertz CT molecular complexity index is 430. The lowest BCUT2D eigenvalue weighted by molar-refractivity contribution is -0.138. The van der Waals surface area contributed by atoms with Crippen molar-refractivity contribution in [2.24, 2.45) is 0 Å². The van der Waals surface area contributed by atoms with Crippen molar-refractivity contribution in [1.29, 1.82) is 0 Å². The number of hydrogen-bond acceptors (Lipinski definition) is 2. The Morgan fingerprint density at radius 2 is 1.88 bits per heavy atom. The molecule has 0 amide bonds. The molecular weight excluding hydrogens is 232 g/mol. The zero-order valence-corrected chi connectivity index (χ0v) is 11.2. The largest absolute Gasteiger partial charge is 0.480 e. The molecule has 1 aromatic rings. The molecule has 1 N–H and O–H groups in total. The van der Waals surface area contributed by atoms with Gasteiger partial charge in [-0.3, -0.25) is 0 Å². The van der Waals surface area contributed by atoms with Gasteiger partial charge in [0.05, 0.1) is 0 Å². The molecule has 0 spiro atoms. The molecule has 1 radical (unpaired) electrons. The van der Waals surface area contributed by atoms with E-state index in [2.05, 4.69) is 6.92 Å². The summed E-state index contributed by atoms with van der Waals surface area (Å²) in [5, 5.41) is 9.51. The lowest BCUT2D eigenvalue weighted by atomic mass is 9.95. The second kappa shape index (κ2) is 5.41. The van der Waals surface area contributed by atoms with Gasteiger partial charge in [0, 0.05) is 0 Å². The van der Waals surface area contributed by atoms with Crippen LogP contribution in [0.1, 0.15) is 25.0 Å². The van der Waals surface area contributed by atoms with Crippen LogP contribution in [0.3, 0.4) is 0 Å². The average Bonchev–Trinajstić information content (AvgIpc) is 2.26. The third-order valence-electron chi connectivity index (χ3n) is 2.51. The van der Waals surface area contributed by atoms with Crippen molar-refractivity contribution in [3.8, 4) is 0 Å². The molecule has 2 nitrogen and oxygen atoms in total. The molecule has 0 fully saturated rings. The van der Waals surface area contributed by atoms with E-state index in [1.165, 1.54) is 11.8 Å². The number of thioether (sulfide) groups is 1. The molecule has 0 aliphatic heterocycles. The summed E-state index contributed by atoms with van der Waals surface area (Å²) in [7, 11) is 0. The van der Waals surface area contributed by atoms with Crippen LogP contribution in [0.4, 0.5) is 0 Å². The average molecular weight is 249 g/mol. The highest BCUT2D eigenvalue weighted by Crippen LogP contribution is 2.37. The molecule has 1 rings (SSSR count). The third-order valence-corrected chi connectivity index (χ3v) is 3.69. The number of carbonyl (C=O) groups is 1. The third kappa shape index (κ3) is 2.91. The number of rotatable bonds is 4. The van der Waals surface area contributed by atoms with Gasteiger partial charge < -0.3 is 5.11 Å². The molecule has 17 heavy (non-hydrogen) atoms. The normalized spacial score (nSPS) is 13.9. The summed E-state index contributed by atoms with van der Waals surface area (Å²) in [6.45, 7) is 7.62. The first-order chi connectivity index (χ1) is 7.92. The Balaban J connectivity index is 3.37. The van der Waals surface area contributed by atoms with Gasteiger partial charge in [-0.2, -0.15) is 0 Å². The summed E-state index contributed by atoms with van der Waals surface area (Å²) >= 11 is 1.32. The van der Waals surface area contributed by atoms with Crippen LogP contribution in [0.15, 0.2) is 35.9 Å². The van der Waals surface area contributed by atoms with Crippen LogP contribution in [0.25, 0.3) is 0 Å². The van der Waals surface area contributed by atoms with Crippen LogP contribution >= 0.6 is 11.8 Å². The lowest BCUT2D eigenvalue weighted by Crippen LogP contribution is -2.30. The molecular formula is C14H17O2S. The molecule has 0 saturated carbocycles. The molecule has 0 aliphatic carbocycles. The van der Waals surface area contributed by atoms with Crippen LogP contribution in [0, 0.1) is 6.92 Å². The number of allylic oxidation sites excluding steroid dienone is 1. The maximum atomic E-state index is 11.6. The van der Waals surface area contributed by atoms with E-state index < -0.39 is 10.7 Å². The second-order valence-corrected chi connectivity index (χ2v) is 5.22. The standard InChI is InChI=1S/C14H17O2S/c1-10(2)9-14(17-4,13(15)16)12-7-5-11(3)6-8-12/h5-9H,3H2,1-2,4H3,(H,15,16). The molecule has 1 unspecified atom stereocenters. The van der Waals surface area contributed by atoms with Crippen molar-refractivity contribution in [3.63, 3.8) is 0 Å². The van der Waals surface area contributed by atoms with Gasteiger partial charge in [-0.25, -0.2) is 4.79 Å². The van der Waals surface area contributed by atoms with Crippen molar-refractivity contribution < 1.29 is 9.90 Å². The molecule has 3 heteroatoms. The minimum atomic E-state index is -1.01. The number of carboxylic acids is 1. The molecule has 1 atom stereocenters. The van der Waals surface area contributed by atoms with Crippen LogP contribution in [-0.4, -0.2) is 17.3 Å². The van der Waals surface area contributed by atoms with Gasteiger partial charge in [0.15, 0.2) is 4.75 Å². The molecule has 0 aliphatic rings. The van der Waals surface area contributed by atoms with Gasteiger partial charge in [0.25, 0.3) is 0 Å². The van der Waals surface area contributed by atoms with E-state index in [0.717, 1.165) is 16.7 Å². The monoisotopic (exact) mass is 249 g/mol. The summed E-state index contributed by atoms with van der Waals surface area (Å²) in [5.74, 6) is -0.844. The second-order valence-electron chi connectivity index (χ2n) is 4.16. The van der Waals surface area contributed by atoms with Crippen LogP contribution in [0.5, 0.6) is 0 Å². The van der Waals surface area contributed by atoms with E-state index in [-0.39, 0.29) is 0 Å². The lowest BCUT2D eigenvalue weighted by Gasteiger charge is -2.25. The summed E-state index contributed by atoms with van der Waals surface area (Å²) in [6, 6.07) is 7.32. The zero-order chi connectivity index (χ0) is 13.1. The summed E-state index contributed by atoms with van der Waals surface area (Å²) in [4.78, 5) is 11.6. The Kier molecular flexibility index (Phi) is 4.40. The predicted molar refractivity (Wildman–Crippen MR) is 73.2 cm³/mol. The van der Waals surface area contributed by atoms with E-state index in [1.807, 2.05) is 44.4 Å². The first-order valence-electron chi connectivity index (χ1n) is 5.29. The van der Waals surface area contributed by atoms with Crippen molar-refractivity contribution in [2.45, 2.75) is 18.6 Å². The van der Waals surface area contributed by atoms with Crippen molar-refractivity contribution >= 4 is 17.7 Å². The minimum Gasteiger partial charge on any atom is -0.480 e. The van der Waals surface area contributed by atoms with Gasteiger partial charge in [0.2, 0.25) is 0 Å². The van der Waals surface area contributed by atoms with E-state index >= 15 is 0 Å². The van der Waals surface area contributed by atoms with E-state index in [4.69, 9.17) is 0 Å². The Labute approximate surface area is 107 Å². The molecule has 91 valence electrons. The van der Waals surface area contributed by atoms with E-state index in [1.54, 1.807) is 6.08 Å². The zero-order valence-electron chi connectivity index (χ0n) is 10.4. The van der Waals surface area contributed by atoms with Gasteiger partial charge in [-0.05, 0) is 38.2 Å². The molecule has 0 saturated heterocycles. The number of carboxylic acid groups (broad SMARTS) is 1. The molecule has 0 heterocycles. The van der Waals surface area contributed by atoms with Crippen LogP contribution < -0.4 is 0 Å². The Hall–Kier alpha value is -1.22. The summed E-state index contributed by atoms with van der Waals surface area (Å²) in [5.41, 5.74) is 2.64. The van der Waals surface area contributed by atoms with Crippen molar-refractivity contribution in [1.82, 2.24) is 0 Å². The highest BCUT2D eigenvalue weighted by Gasteiger charge is 2.37. The first-order valence-corrected chi connectivity index (χ1v) is 6.52. The van der Waals surface area contributed by atoms with Crippen molar-refractivity contribution in [3.05, 3.63) is 54.0 Å². The highest BCUT2D eigenvalue weighted by atomic mass is 32.2. The van der Waals surface area contributed by atoms with Crippen LogP contribution in [0.2, 0.25) is 0 Å². The summed E-state index contributed by atoms with van der Waals surface area (Å²) in [6.07, 6.45) is 3.60. The number of aliphatic carboxylic acids is 1. The quantitative estimate of drug-likeness (QED) is 0.830. The Morgan fingerprint density at radius 3 is 2.24 bits per heavy atom. The topological polar surface area (TPSA) is 37.3 Å². The maximum Gasteiger partial charge on any atom is 0.328 e. The van der Waals surface area contributed by atoms with E-state index in [0.29, 0.717) is 0 Å². The predicted octanol–water partition coefficient (Wildman–Crippen LogP) is 3.48. The fourth-order valence-corrected chi connectivity index (χ4v) is 2.59. The fourth-order valence-electron chi connectivity index (χ4n) is 1.69.